The quantitative estimate of drug-likeness (QED) is 0.810. The Morgan fingerprint density at radius 3 is 2.67 bits per heavy atom. The molecule has 2 aromatic rings. The summed E-state index contributed by atoms with van der Waals surface area (Å²) >= 11 is 0. The van der Waals surface area contributed by atoms with E-state index in [0.29, 0.717) is 19.6 Å². The van der Waals surface area contributed by atoms with Crippen molar-refractivity contribution in [2.45, 2.75) is 59.2 Å². The predicted molar refractivity (Wildman–Crippen MR) is 103 cm³/mol. The second kappa shape index (κ2) is 7.05. The van der Waals surface area contributed by atoms with Crippen LogP contribution in [-0.2, 0) is 16.1 Å². The average Bonchev–Trinajstić information content (AvgIpc) is 2.98. The first-order valence-corrected chi connectivity index (χ1v) is 9.36. The number of hydrogen-bond donors (Lipinski definition) is 2. The molecule has 2 aromatic heterocycles. The Kier molecular flexibility index (Phi) is 5.10. The van der Waals surface area contributed by atoms with Crippen LogP contribution < -0.4 is 11.1 Å². The van der Waals surface area contributed by atoms with Gasteiger partial charge in [-0.2, -0.15) is 5.10 Å². The third kappa shape index (κ3) is 3.37. The number of nitrogens with one attached hydrogen (secondary N) is 1. The first-order chi connectivity index (χ1) is 12.7. The molecule has 3 N–H and O–H groups in total. The molecule has 1 fully saturated rings. The molecule has 2 atom stereocenters. The highest BCUT2D eigenvalue weighted by molar-refractivity contribution is 5.88. The second-order valence-corrected chi connectivity index (χ2v) is 7.89. The van der Waals surface area contributed by atoms with Crippen LogP contribution in [0.15, 0.2) is 24.4 Å². The number of carbonyl (C=O) groups excluding carboxylic acids is 1. The number of rotatable bonds is 6. The number of aryl methyl sites for hydroxylation is 2. The number of carbonyl (C=O) groups is 1. The Balaban J connectivity index is 1.62. The van der Waals surface area contributed by atoms with Gasteiger partial charge >= 0.3 is 0 Å². The molecule has 2 heterocycles. The van der Waals surface area contributed by atoms with Gasteiger partial charge in [-0.25, -0.2) is 9.67 Å². The summed E-state index contributed by atoms with van der Waals surface area (Å²) in [5.41, 5.74) is 7.99. The van der Waals surface area contributed by atoms with Crippen LogP contribution in [0, 0.1) is 19.3 Å². The minimum atomic E-state index is -0.913. The summed E-state index contributed by atoms with van der Waals surface area (Å²) in [5.74, 6) is 0.608. The number of pyridine rings is 1. The number of aromatic nitrogens is 3. The van der Waals surface area contributed by atoms with Gasteiger partial charge < -0.3 is 15.8 Å². The fourth-order valence-corrected chi connectivity index (χ4v) is 3.67. The van der Waals surface area contributed by atoms with Crippen molar-refractivity contribution < 1.29 is 9.53 Å². The molecule has 27 heavy (non-hydrogen) atoms. The molecule has 0 aliphatic heterocycles. The summed E-state index contributed by atoms with van der Waals surface area (Å²) in [6.45, 7) is 10.9. The van der Waals surface area contributed by atoms with Crippen LogP contribution in [0.3, 0.4) is 0 Å². The first-order valence-electron chi connectivity index (χ1n) is 9.36. The summed E-state index contributed by atoms with van der Waals surface area (Å²) in [7, 11) is 0. The number of hydrogen-bond acceptors (Lipinski definition) is 5. The van der Waals surface area contributed by atoms with Crippen LogP contribution in [0.25, 0.3) is 5.82 Å². The minimum absolute atomic E-state index is 0.0139. The molecule has 7 heteroatoms. The molecule has 0 bridgehead atoms. The SMILES string of the molecule is CCOC1CC(N)(C(=O)NCc2ccc(-n3nc(C)cc3C)nc2)C1(C)C. The summed E-state index contributed by atoms with van der Waals surface area (Å²) < 4.78 is 7.49. The maximum absolute atomic E-state index is 12.7. The Morgan fingerprint density at radius 1 is 1.41 bits per heavy atom. The van der Waals surface area contributed by atoms with Gasteiger partial charge in [0.15, 0.2) is 5.82 Å². The van der Waals surface area contributed by atoms with E-state index in [2.05, 4.69) is 15.4 Å². The highest BCUT2D eigenvalue weighted by Crippen LogP contribution is 2.49. The van der Waals surface area contributed by atoms with Crippen molar-refractivity contribution in [2.24, 2.45) is 11.1 Å². The van der Waals surface area contributed by atoms with Gasteiger partial charge in [0.2, 0.25) is 5.91 Å². The Bertz CT molecular complexity index is 827. The molecule has 0 radical (unpaired) electrons. The van der Waals surface area contributed by atoms with E-state index in [4.69, 9.17) is 10.5 Å². The molecule has 2 unspecified atom stereocenters. The van der Waals surface area contributed by atoms with Crippen LogP contribution in [0.5, 0.6) is 0 Å². The number of amides is 1. The third-order valence-electron chi connectivity index (χ3n) is 5.72. The van der Waals surface area contributed by atoms with Gasteiger partial charge in [0, 0.05) is 36.9 Å². The lowest BCUT2D eigenvalue weighted by Crippen LogP contribution is -2.75. The van der Waals surface area contributed by atoms with Gasteiger partial charge in [0.05, 0.1) is 11.8 Å². The minimum Gasteiger partial charge on any atom is -0.378 e. The maximum Gasteiger partial charge on any atom is 0.241 e. The van der Waals surface area contributed by atoms with Gasteiger partial charge in [0.1, 0.15) is 5.54 Å². The molecule has 1 amide bonds. The van der Waals surface area contributed by atoms with Crippen molar-refractivity contribution in [3.8, 4) is 5.82 Å². The Labute approximate surface area is 160 Å². The van der Waals surface area contributed by atoms with Gasteiger partial charge in [-0.15, -0.1) is 0 Å². The van der Waals surface area contributed by atoms with Crippen LogP contribution in [0.2, 0.25) is 0 Å². The highest BCUT2D eigenvalue weighted by atomic mass is 16.5. The Morgan fingerprint density at radius 2 is 2.15 bits per heavy atom. The van der Waals surface area contributed by atoms with E-state index in [1.54, 1.807) is 10.9 Å². The lowest BCUT2D eigenvalue weighted by molar-refractivity contribution is -0.170. The van der Waals surface area contributed by atoms with E-state index in [1.807, 2.05) is 52.8 Å². The number of ether oxygens (including phenoxy) is 1. The van der Waals surface area contributed by atoms with E-state index in [-0.39, 0.29) is 12.0 Å². The topological polar surface area (TPSA) is 95.1 Å². The Hall–Kier alpha value is -2.25. The largest absolute Gasteiger partial charge is 0.378 e. The van der Waals surface area contributed by atoms with Gasteiger partial charge in [0.25, 0.3) is 0 Å². The van der Waals surface area contributed by atoms with Gasteiger partial charge in [-0.05, 0) is 38.5 Å². The summed E-state index contributed by atoms with van der Waals surface area (Å²) in [4.78, 5) is 17.2. The van der Waals surface area contributed by atoms with Crippen molar-refractivity contribution in [3.63, 3.8) is 0 Å². The van der Waals surface area contributed by atoms with Crippen molar-refractivity contribution in [1.82, 2.24) is 20.1 Å². The van der Waals surface area contributed by atoms with Crippen LogP contribution in [-0.4, -0.2) is 38.9 Å². The van der Waals surface area contributed by atoms with E-state index in [1.165, 1.54) is 0 Å². The smallest absolute Gasteiger partial charge is 0.241 e. The van der Waals surface area contributed by atoms with Gasteiger partial charge in [-0.3, -0.25) is 4.79 Å². The zero-order chi connectivity index (χ0) is 19.8. The zero-order valence-corrected chi connectivity index (χ0v) is 16.7. The fourth-order valence-electron chi connectivity index (χ4n) is 3.67. The summed E-state index contributed by atoms with van der Waals surface area (Å²) in [6.07, 6.45) is 2.30. The fraction of sp³-hybridized carbons (Fsp3) is 0.550. The van der Waals surface area contributed by atoms with Crippen molar-refractivity contribution in [1.29, 1.82) is 0 Å². The van der Waals surface area contributed by atoms with Crippen molar-refractivity contribution in [2.75, 3.05) is 6.61 Å². The number of nitrogens with zero attached hydrogens (tertiary/aromatic N) is 3. The zero-order valence-electron chi connectivity index (χ0n) is 16.7. The average molecular weight is 371 g/mol. The molecule has 1 aliphatic rings. The lowest BCUT2D eigenvalue weighted by Gasteiger charge is -2.57. The molecule has 7 nitrogen and oxygen atoms in total. The molecule has 1 saturated carbocycles. The second-order valence-electron chi connectivity index (χ2n) is 7.89. The molecule has 0 spiro atoms. The van der Waals surface area contributed by atoms with Crippen LogP contribution >= 0.6 is 0 Å². The normalized spacial score (nSPS) is 23.7. The van der Waals surface area contributed by atoms with Crippen molar-refractivity contribution in [3.05, 3.63) is 41.3 Å². The predicted octanol–water partition coefficient (Wildman–Crippen LogP) is 2.03. The highest BCUT2D eigenvalue weighted by Gasteiger charge is 2.62. The van der Waals surface area contributed by atoms with Gasteiger partial charge in [-0.1, -0.05) is 19.9 Å². The standard InChI is InChI=1S/C20H29N5O2/c1-6-27-16-10-20(21,19(16,4)5)18(26)23-12-15-7-8-17(22-11-15)25-14(3)9-13(2)24-25/h7-9,11,16H,6,10,12,21H2,1-5H3,(H,23,26). The van der Waals surface area contributed by atoms with E-state index in [0.717, 1.165) is 22.8 Å². The maximum atomic E-state index is 12.7. The molecule has 0 saturated heterocycles. The molecule has 0 aromatic carbocycles. The molecular weight excluding hydrogens is 342 g/mol. The number of nitrogens with two attached hydrogens (primary N) is 1. The monoisotopic (exact) mass is 371 g/mol. The van der Waals surface area contributed by atoms with E-state index in [9.17, 15) is 4.79 Å². The third-order valence-corrected chi connectivity index (χ3v) is 5.72. The van der Waals surface area contributed by atoms with E-state index < -0.39 is 11.0 Å². The molecule has 146 valence electrons. The lowest BCUT2D eigenvalue weighted by atomic mass is 9.54. The molecule has 1 aliphatic carbocycles. The summed E-state index contributed by atoms with van der Waals surface area (Å²) in [6, 6.07) is 5.85. The van der Waals surface area contributed by atoms with Crippen molar-refractivity contribution >= 4 is 5.91 Å². The summed E-state index contributed by atoms with van der Waals surface area (Å²) in [5, 5.41) is 7.38. The van der Waals surface area contributed by atoms with Crippen LogP contribution in [0.1, 0.15) is 44.1 Å². The molecular formula is C20H29N5O2. The molecule has 3 rings (SSSR count). The first kappa shape index (κ1) is 19.5. The van der Waals surface area contributed by atoms with Crippen LogP contribution in [0.4, 0.5) is 0 Å². The van der Waals surface area contributed by atoms with E-state index >= 15 is 0 Å².